The lowest BCUT2D eigenvalue weighted by atomic mass is 10.1. The Hall–Kier alpha value is -2.67. The summed E-state index contributed by atoms with van der Waals surface area (Å²) in [5, 5.41) is 2.59. The molecule has 1 aromatic rings. The number of nitrogens with one attached hydrogen (secondary N) is 1. The first-order valence-corrected chi connectivity index (χ1v) is 8.67. The quantitative estimate of drug-likeness (QED) is 0.344. The van der Waals surface area contributed by atoms with Gasteiger partial charge in [0.25, 0.3) is 11.8 Å². The highest BCUT2D eigenvalue weighted by Gasteiger charge is 2.33. The SMILES string of the molecule is C=CCN1C(=O)/C(=C/c2cccc(OC)c2O[C@@H](C)CC)C(=O)NC1=S. The molecule has 1 saturated heterocycles. The molecule has 1 fully saturated rings. The van der Waals surface area contributed by atoms with E-state index in [0.29, 0.717) is 17.1 Å². The molecule has 1 atom stereocenters. The summed E-state index contributed by atoms with van der Waals surface area (Å²) in [6.45, 7) is 7.76. The largest absolute Gasteiger partial charge is 0.493 e. The van der Waals surface area contributed by atoms with Crippen molar-refractivity contribution < 1.29 is 19.1 Å². The highest BCUT2D eigenvalue weighted by atomic mass is 32.1. The third-order valence-electron chi connectivity index (χ3n) is 3.92. The van der Waals surface area contributed by atoms with Crippen molar-refractivity contribution in [2.24, 2.45) is 0 Å². The van der Waals surface area contributed by atoms with E-state index in [1.165, 1.54) is 11.0 Å². The highest BCUT2D eigenvalue weighted by Crippen LogP contribution is 2.34. The second-order valence-electron chi connectivity index (χ2n) is 5.74. The zero-order valence-electron chi connectivity index (χ0n) is 15.1. The van der Waals surface area contributed by atoms with E-state index in [4.69, 9.17) is 21.7 Å². The third-order valence-corrected chi connectivity index (χ3v) is 4.24. The summed E-state index contributed by atoms with van der Waals surface area (Å²) in [5.41, 5.74) is 0.553. The number of ether oxygens (including phenoxy) is 2. The van der Waals surface area contributed by atoms with Crippen LogP contribution in [0, 0.1) is 0 Å². The van der Waals surface area contributed by atoms with Crippen LogP contribution < -0.4 is 14.8 Å². The van der Waals surface area contributed by atoms with E-state index in [1.807, 2.05) is 13.8 Å². The number of hydrogen-bond donors (Lipinski definition) is 1. The van der Waals surface area contributed by atoms with E-state index in [-0.39, 0.29) is 23.3 Å². The standard InChI is InChI=1S/C19H22N2O4S/c1-5-10-21-18(23)14(17(22)20-19(21)26)11-13-8-7-9-15(24-4)16(13)25-12(3)6-2/h5,7-9,11-12H,1,6,10H2,2-4H3,(H,20,22,26)/b14-11+/t12-/m0/s1. The van der Waals surface area contributed by atoms with Gasteiger partial charge in [-0.3, -0.25) is 19.8 Å². The fourth-order valence-corrected chi connectivity index (χ4v) is 2.61. The second kappa shape index (κ2) is 8.62. The van der Waals surface area contributed by atoms with Crippen LogP contribution in [-0.2, 0) is 9.59 Å². The monoisotopic (exact) mass is 374 g/mol. The van der Waals surface area contributed by atoms with Gasteiger partial charge in [-0.15, -0.1) is 6.58 Å². The van der Waals surface area contributed by atoms with Gasteiger partial charge in [0, 0.05) is 12.1 Å². The molecule has 138 valence electrons. The fourth-order valence-electron chi connectivity index (χ4n) is 2.36. The summed E-state index contributed by atoms with van der Waals surface area (Å²) in [6.07, 6.45) is 3.79. The molecule has 0 bridgehead atoms. The molecule has 0 radical (unpaired) electrons. The summed E-state index contributed by atoms with van der Waals surface area (Å²) in [6, 6.07) is 5.30. The predicted molar refractivity (Wildman–Crippen MR) is 104 cm³/mol. The maximum atomic E-state index is 12.7. The number of para-hydroxylation sites is 1. The Kier molecular flexibility index (Phi) is 6.52. The Bertz CT molecular complexity index is 773. The average molecular weight is 374 g/mol. The van der Waals surface area contributed by atoms with Crippen molar-refractivity contribution >= 4 is 35.2 Å². The van der Waals surface area contributed by atoms with Gasteiger partial charge in [0.05, 0.1) is 13.2 Å². The molecule has 0 saturated carbocycles. The van der Waals surface area contributed by atoms with Crippen molar-refractivity contribution in [1.29, 1.82) is 0 Å². The van der Waals surface area contributed by atoms with Gasteiger partial charge >= 0.3 is 0 Å². The number of hydrogen-bond acceptors (Lipinski definition) is 5. The third kappa shape index (κ3) is 4.11. The van der Waals surface area contributed by atoms with Crippen LogP contribution >= 0.6 is 12.2 Å². The molecule has 2 rings (SSSR count). The highest BCUT2D eigenvalue weighted by molar-refractivity contribution is 7.80. The van der Waals surface area contributed by atoms with Gasteiger partial charge in [0.2, 0.25) is 0 Å². The molecule has 0 unspecified atom stereocenters. The zero-order chi connectivity index (χ0) is 19.3. The summed E-state index contributed by atoms with van der Waals surface area (Å²) >= 11 is 5.06. The van der Waals surface area contributed by atoms with Crippen LogP contribution in [-0.4, -0.2) is 41.6 Å². The van der Waals surface area contributed by atoms with Gasteiger partial charge < -0.3 is 9.47 Å². The van der Waals surface area contributed by atoms with Gasteiger partial charge in [0.15, 0.2) is 16.6 Å². The first-order valence-electron chi connectivity index (χ1n) is 8.26. The van der Waals surface area contributed by atoms with Crippen LogP contribution in [0.4, 0.5) is 0 Å². The number of methoxy groups -OCH3 is 1. The fraction of sp³-hybridized carbons (Fsp3) is 0.316. The van der Waals surface area contributed by atoms with Crippen LogP contribution in [0.5, 0.6) is 11.5 Å². The van der Waals surface area contributed by atoms with Crippen LogP contribution in [0.1, 0.15) is 25.8 Å². The molecule has 6 nitrogen and oxygen atoms in total. The Morgan fingerprint density at radius 1 is 1.38 bits per heavy atom. The number of benzene rings is 1. The number of nitrogens with zero attached hydrogens (tertiary/aromatic N) is 1. The van der Waals surface area contributed by atoms with Gasteiger partial charge in [-0.05, 0) is 37.7 Å². The minimum absolute atomic E-state index is 0.0253. The predicted octanol–water partition coefficient (Wildman–Crippen LogP) is 2.69. The summed E-state index contributed by atoms with van der Waals surface area (Å²) in [5.74, 6) is -0.00348. The van der Waals surface area contributed by atoms with Crippen LogP contribution in [0.2, 0.25) is 0 Å². The molecule has 0 aliphatic carbocycles. The van der Waals surface area contributed by atoms with Crippen molar-refractivity contribution in [3.8, 4) is 11.5 Å². The molecule has 0 spiro atoms. The van der Waals surface area contributed by atoms with E-state index < -0.39 is 11.8 Å². The first kappa shape index (κ1) is 19.7. The summed E-state index contributed by atoms with van der Waals surface area (Å²) in [7, 11) is 1.54. The molecule has 7 heteroatoms. The number of thiocarbonyl (C=S) groups is 1. The number of rotatable bonds is 7. The average Bonchev–Trinajstić information content (AvgIpc) is 2.62. The summed E-state index contributed by atoms with van der Waals surface area (Å²) < 4.78 is 11.3. The lowest BCUT2D eigenvalue weighted by Crippen LogP contribution is -2.53. The zero-order valence-corrected chi connectivity index (χ0v) is 15.9. The molecule has 1 aliphatic rings. The smallest absolute Gasteiger partial charge is 0.265 e. The lowest BCUT2D eigenvalue weighted by molar-refractivity contribution is -0.128. The second-order valence-corrected chi connectivity index (χ2v) is 6.12. The van der Waals surface area contributed by atoms with Crippen molar-refractivity contribution in [2.75, 3.05) is 13.7 Å². The minimum Gasteiger partial charge on any atom is -0.493 e. The van der Waals surface area contributed by atoms with Gasteiger partial charge in [-0.25, -0.2) is 0 Å². The van der Waals surface area contributed by atoms with Crippen molar-refractivity contribution in [3.05, 3.63) is 42.0 Å². The van der Waals surface area contributed by atoms with Gasteiger partial charge in [-0.1, -0.05) is 25.1 Å². The number of carbonyl (C=O) groups is 2. The Balaban J connectivity index is 2.50. The molecule has 1 heterocycles. The van der Waals surface area contributed by atoms with E-state index in [1.54, 1.807) is 31.4 Å². The molecular weight excluding hydrogens is 352 g/mol. The van der Waals surface area contributed by atoms with Crippen LogP contribution in [0.15, 0.2) is 36.4 Å². The Morgan fingerprint density at radius 2 is 2.12 bits per heavy atom. The van der Waals surface area contributed by atoms with E-state index in [0.717, 1.165) is 6.42 Å². The lowest BCUT2D eigenvalue weighted by Gasteiger charge is -2.28. The van der Waals surface area contributed by atoms with Crippen molar-refractivity contribution in [3.63, 3.8) is 0 Å². The normalized spacial score (nSPS) is 17.1. The van der Waals surface area contributed by atoms with Crippen LogP contribution in [0.3, 0.4) is 0 Å². The Morgan fingerprint density at radius 3 is 2.73 bits per heavy atom. The summed E-state index contributed by atoms with van der Waals surface area (Å²) in [4.78, 5) is 26.3. The molecular formula is C19H22N2O4S. The van der Waals surface area contributed by atoms with Crippen molar-refractivity contribution in [2.45, 2.75) is 26.4 Å². The molecule has 0 aromatic heterocycles. The van der Waals surface area contributed by atoms with E-state index >= 15 is 0 Å². The first-order chi connectivity index (χ1) is 12.4. The maximum absolute atomic E-state index is 12.7. The maximum Gasteiger partial charge on any atom is 0.265 e. The van der Waals surface area contributed by atoms with Gasteiger partial charge in [0.1, 0.15) is 5.57 Å². The number of amides is 2. The minimum atomic E-state index is -0.544. The molecule has 1 aliphatic heterocycles. The topological polar surface area (TPSA) is 67.9 Å². The van der Waals surface area contributed by atoms with Crippen LogP contribution in [0.25, 0.3) is 6.08 Å². The molecule has 2 amide bonds. The van der Waals surface area contributed by atoms with Gasteiger partial charge in [-0.2, -0.15) is 0 Å². The molecule has 1 N–H and O–H groups in total. The molecule has 26 heavy (non-hydrogen) atoms. The van der Waals surface area contributed by atoms with E-state index in [9.17, 15) is 9.59 Å². The van der Waals surface area contributed by atoms with E-state index in [2.05, 4.69) is 11.9 Å². The Labute approximate surface area is 158 Å². The van der Waals surface area contributed by atoms with Crippen molar-refractivity contribution in [1.82, 2.24) is 10.2 Å². The molecule has 1 aromatic carbocycles. The number of carbonyl (C=O) groups excluding carboxylic acids is 2.